The molecule has 14 aromatic rings. The first-order chi connectivity index (χ1) is 44.7. The van der Waals surface area contributed by atoms with Crippen LogP contribution in [0.1, 0.15) is 0 Å². The van der Waals surface area contributed by atoms with Crippen LogP contribution >= 0.6 is 47.5 Å². The van der Waals surface area contributed by atoms with E-state index >= 15 is 0 Å². The predicted octanol–water partition coefficient (Wildman–Crippen LogP) is 10.3. The highest BCUT2D eigenvalue weighted by atomic mass is 31.1. The summed E-state index contributed by atoms with van der Waals surface area (Å²) < 4.78 is 0. The Morgan fingerprint density at radius 2 is 0.189 bits per heavy atom. The highest BCUT2D eigenvalue weighted by Crippen LogP contribution is 2.39. The third-order valence-corrected chi connectivity index (χ3v) is 27.9. The molecule has 0 aliphatic carbocycles. The van der Waals surface area contributed by atoms with Gasteiger partial charge in [-0.3, -0.25) is 0 Å². The first-order valence-electron chi connectivity index (χ1n) is 29.6. The normalized spacial score (nSPS) is 11.3. The van der Waals surface area contributed by atoms with Crippen LogP contribution in [0.2, 0.25) is 0 Å². The van der Waals surface area contributed by atoms with Crippen LogP contribution in [0.5, 0.6) is 0 Å². The Balaban J connectivity index is 0.000000165. The van der Waals surface area contributed by atoms with Gasteiger partial charge in [0.05, 0.1) is 0 Å². The molecule has 90 heavy (non-hydrogen) atoms. The number of hydrogen-bond acceptors (Lipinski definition) is 6. The van der Waals surface area contributed by atoms with Gasteiger partial charge in [-0.1, -0.05) is 364 Å². The van der Waals surface area contributed by atoms with Crippen LogP contribution in [0.4, 0.5) is 0 Å². The molecular weight excluding hydrogens is 1210 g/mol. The lowest BCUT2D eigenvalue weighted by Gasteiger charge is -2.24. The van der Waals surface area contributed by atoms with Gasteiger partial charge in [0.1, 0.15) is 0 Å². The van der Waals surface area contributed by atoms with Gasteiger partial charge >= 0.3 is 0 Å². The molecule has 0 fully saturated rings. The lowest BCUT2D eigenvalue weighted by molar-refractivity contribution is 1.19. The van der Waals surface area contributed by atoms with E-state index in [-0.39, 0.29) is 0 Å². The molecular formula is C78H60N6P6. The van der Waals surface area contributed by atoms with Crippen LogP contribution in [0.15, 0.2) is 364 Å². The Morgan fingerprint density at radius 3 is 0.267 bits per heavy atom. The fraction of sp³-hybridized carbons (Fsp3) is 0. The molecule has 0 spiro atoms. The first kappa shape index (κ1) is 60.2. The molecule has 0 aliphatic rings. The topological polar surface area (TPSA) is 77.3 Å². The predicted molar refractivity (Wildman–Crippen MR) is 392 cm³/mol. The van der Waals surface area contributed by atoms with Crippen molar-refractivity contribution in [2.24, 2.45) is 0 Å². The summed E-state index contributed by atoms with van der Waals surface area (Å²) in [5.41, 5.74) is 5.01. The molecule has 12 aromatic carbocycles. The monoisotopic (exact) mass is 1270 g/mol. The van der Waals surface area contributed by atoms with Crippen molar-refractivity contribution in [2.45, 2.75) is 0 Å². The van der Waals surface area contributed by atoms with Gasteiger partial charge in [0.2, 0.25) is 0 Å². The summed E-state index contributed by atoms with van der Waals surface area (Å²) in [7, 11) is -6.27. The maximum Gasteiger partial charge on any atom is 0.164 e. The Morgan fingerprint density at radius 1 is 0.111 bits per heavy atom. The molecule has 0 aliphatic heterocycles. The minimum atomic E-state index is -1.05. The highest BCUT2D eigenvalue weighted by molar-refractivity contribution is 7.83. The fourth-order valence-corrected chi connectivity index (χ4v) is 23.5. The van der Waals surface area contributed by atoms with E-state index < -0.39 is 47.5 Å². The average Bonchev–Trinajstić information content (AvgIpc) is 2.26. The average molecular weight is 1270 g/mol. The summed E-state index contributed by atoms with van der Waals surface area (Å²) in [5, 5.41) is 14.6. The minimum absolute atomic E-state index is 0.834. The van der Waals surface area contributed by atoms with Crippen molar-refractivity contribution in [2.75, 3.05) is 0 Å². The quantitative estimate of drug-likeness (QED) is 0.0797. The number of aromatic nitrogens is 6. The molecule has 2 aromatic heterocycles. The maximum atomic E-state index is 5.46. The zero-order valence-corrected chi connectivity index (χ0v) is 54.4. The van der Waals surface area contributed by atoms with Crippen molar-refractivity contribution in [3.8, 4) is 0 Å². The van der Waals surface area contributed by atoms with Gasteiger partial charge in [0, 0.05) is 47.5 Å². The summed E-state index contributed by atoms with van der Waals surface area (Å²) in [5.74, 6) is 0. The fourth-order valence-electron chi connectivity index (χ4n) is 10.5. The lowest BCUT2D eigenvalue weighted by Crippen LogP contribution is -2.41. The molecule has 0 saturated carbocycles. The molecule has 2 heterocycles. The van der Waals surface area contributed by atoms with Crippen LogP contribution in [0.25, 0.3) is 0 Å². The van der Waals surface area contributed by atoms with Gasteiger partial charge in [-0.05, 0) is 63.7 Å². The van der Waals surface area contributed by atoms with Crippen LogP contribution in [-0.4, -0.2) is 29.9 Å². The molecule has 0 radical (unpaired) electrons. The maximum absolute atomic E-state index is 5.46. The molecule has 0 amide bonds. The zero-order valence-electron chi connectivity index (χ0n) is 49.0. The molecule has 0 N–H and O–H groups in total. The summed E-state index contributed by atoms with van der Waals surface area (Å²) in [6.07, 6.45) is 0. The third-order valence-electron chi connectivity index (χ3n) is 14.6. The largest absolute Gasteiger partial charge is 0.208 e. The van der Waals surface area contributed by atoms with E-state index in [1.54, 1.807) is 0 Å². The third kappa shape index (κ3) is 14.4. The van der Waals surface area contributed by atoms with Crippen molar-refractivity contribution in [1.29, 1.82) is 0 Å². The smallest absolute Gasteiger partial charge is 0.164 e. The second-order valence-electron chi connectivity index (χ2n) is 20.5. The van der Waals surface area contributed by atoms with Crippen molar-refractivity contribution in [3.05, 3.63) is 364 Å². The Bertz CT molecular complexity index is 3460. The molecule has 0 saturated heterocycles. The van der Waals surface area contributed by atoms with Crippen LogP contribution in [0.3, 0.4) is 0 Å². The van der Waals surface area contributed by atoms with Crippen molar-refractivity contribution in [1.82, 2.24) is 29.9 Å². The summed E-state index contributed by atoms with van der Waals surface area (Å²) in [6.45, 7) is 0. The van der Waals surface area contributed by atoms with Gasteiger partial charge in [-0.15, -0.1) is 0 Å². The summed E-state index contributed by atoms with van der Waals surface area (Å²) in [4.78, 5) is 32.7. The lowest BCUT2D eigenvalue weighted by atomic mass is 10.4. The molecule has 14 rings (SSSR count). The highest BCUT2D eigenvalue weighted by Gasteiger charge is 2.32. The second kappa shape index (κ2) is 30.2. The van der Waals surface area contributed by atoms with E-state index in [1.807, 2.05) is 0 Å². The number of benzene rings is 12. The van der Waals surface area contributed by atoms with Gasteiger partial charge in [-0.25, -0.2) is 29.9 Å². The van der Waals surface area contributed by atoms with Gasteiger partial charge in [-0.2, -0.15) is 0 Å². The van der Waals surface area contributed by atoms with E-state index in [4.69, 9.17) is 29.9 Å². The van der Waals surface area contributed by atoms with Crippen LogP contribution in [-0.2, 0) is 0 Å². The van der Waals surface area contributed by atoms with Crippen molar-refractivity contribution in [3.63, 3.8) is 0 Å². The van der Waals surface area contributed by atoms with Crippen molar-refractivity contribution >= 4 is 145 Å². The van der Waals surface area contributed by atoms with Gasteiger partial charge in [0.15, 0.2) is 33.4 Å². The molecule has 432 valence electrons. The SMILES string of the molecule is c1ccc(P(c2ccccc2)c2nc(P(c3ccccc3)c3ccccc3)nc(P(c3ccccc3)c3ccccc3)n2)cc1.c1ccc(P(c2ccccc2)c2nc(P(c3ccccc3)c3ccccc3)nc(P(c3ccccc3)c3ccccc3)n2)cc1. The van der Waals surface area contributed by atoms with Crippen molar-refractivity contribution < 1.29 is 0 Å². The van der Waals surface area contributed by atoms with Gasteiger partial charge in [0.25, 0.3) is 0 Å². The summed E-state index contributed by atoms with van der Waals surface area (Å²) in [6, 6.07) is 128. The number of rotatable bonds is 18. The Hall–Kier alpha value is -8.76. The first-order valence-corrected chi connectivity index (χ1v) is 37.7. The number of hydrogen-bond donors (Lipinski definition) is 0. The standard InChI is InChI=1S/2C39H30N3P3/c2*1-7-19-31(20-8-1)43(32-21-9-2-10-22-32)37-40-38(44(33-23-11-3-12-24-33)34-25-13-4-14-26-34)42-39(41-37)45(35-27-15-5-16-28-35)36-29-17-6-18-30-36/h2*1-30H. The van der Waals surface area contributed by atoms with E-state index in [0.717, 1.165) is 33.4 Å². The molecule has 0 atom stereocenters. The number of nitrogens with zero attached hydrogens (tertiary/aromatic N) is 6. The van der Waals surface area contributed by atoms with Gasteiger partial charge < -0.3 is 0 Å². The molecule has 6 nitrogen and oxygen atoms in total. The zero-order chi connectivity index (χ0) is 60.5. The molecule has 0 bridgehead atoms. The minimum Gasteiger partial charge on any atom is -0.208 e. The van der Waals surface area contributed by atoms with E-state index in [9.17, 15) is 0 Å². The Kier molecular flexibility index (Phi) is 20.2. The van der Waals surface area contributed by atoms with E-state index in [0.29, 0.717) is 0 Å². The van der Waals surface area contributed by atoms with Crippen LogP contribution < -0.4 is 97.0 Å². The second-order valence-corrected chi connectivity index (χ2v) is 33.1. The van der Waals surface area contributed by atoms with E-state index in [2.05, 4.69) is 364 Å². The molecule has 0 unspecified atom stereocenters. The molecule has 12 heteroatoms. The van der Waals surface area contributed by atoms with E-state index in [1.165, 1.54) is 63.7 Å². The summed E-state index contributed by atoms with van der Waals surface area (Å²) >= 11 is 0. The Labute approximate surface area is 534 Å². The van der Waals surface area contributed by atoms with Crippen LogP contribution in [0, 0.1) is 0 Å².